The Bertz CT molecular complexity index is 851. The molecule has 0 fully saturated rings. The van der Waals surface area contributed by atoms with Crippen molar-refractivity contribution in [2.24, 2.45) is 0 Å². The molecule has 1 unspecified atom stereocenters. The van der Waals surface area contributed by atoms with Crippen LogP contribution in [-0.4, -0.2) is 26.3 Å². The molecular weight excluding hydrogens is 336 g/mol. The minimum absolute atomic E-state index is 0.102. The van der Waals surface area contributed by atoms with Gasteiger partial charge in [0.1, 0.15) is 0 Å². The molecule has 128 valence electrons. The van der Waals surface area contributed by atoms with E-state index in [1.165, 1.54) is 11.8 Å². The van der Waals surface area contributed by atoms with Crippen molar-refractivity contribution in [3.63, 3.8) is 0 Å². The van der Waals surface area contributed by atoms with Crippen LogP contribution in [0.3, 0.4) is 0 Å². The Hall–Kier alpha value is -2.67. The molecule has 7 heteroatoms. The quantitative estimate of drug-likeness (QED) is 0.678. The van der Waals surface area contributed by atoms with Gasteiger partial charge in [-0.2, -0.15) is 0 Å². The molecule has 0 radical (unpaired) electrons. The number of benzene rings is 1. The lowest BCUT2D eigenvalue weighted by Crippen LogP contribution is -2.23. The van der Waals surface area contributed by atoms with Crippen LogP contribution >= 0.6 is 11.8 Å². The van der Waals surface area contributed by atoms with Crippen LogP contribution < -0.4 is 5.32 Å². The summed E-state index contributed by atoms with van der Waals surface area (Å²) < 4.78 is 5.62. The van der Waals surface area contributed by atoms with Crippen LogP contribution in [-0.2, 0) is 11.2 Å². The van der Waals surface area contributed by atoms with Gasteiger partial charge in [0.15, 0.2) is 0 Å². The first-order valence-corrected chi connectivity index (χ1v) is 8.84. The zero-order valence-corrected chi connectivity index (χ0v) is 14.8. The number of carbonyl (C=O) groups is 1. The van der Waals surface area contributed by atoms with E-state index < -0.39 is 0 Å². The lowest BCUT2D eigenvalue weighted by molar-refractivity contribution is -0.115. The van der Waals surface area contributed by atoms with Crippen LogP contribution in [0.5, 0.6) is 0 Å². The molecule has 0 aliphatic rings. The highest BCUT2D eigenvalue weighted by Gasteiger charge is 2.19. The van der Waals surface area contributed by atoms with Gasteiger partial charge in [-0.3, -0.25) is 9.78 Å². The molecule has 6 nitrogen and oxygen atoms in total. The van der Waals surface area contributed by atoms with Gasteiger partial charge in [0.25, 0.3) is 5.22 Å². The normalized spacial score (nSPS) is 11.9. The van der Waals surface area contributed by atoms with Crippen molar-refractivity contribution < 1.29 is 9.21 Å². The van der Waals surface area contributed by atoms with E-state index in [1.807, 2.05) is 31.2 Å². The summed E-state index contributed by atoms with van der Waals surface area (Å²) in [6.45, 7) is 3.87. The molecule has 2 heterocycles. The number of aryl methyl sites for hydroxylation is 1. The van der Waals surface area contributed by atoms with Gasteiger partial charge in [0.2, 0.25) is 11.8 Å². The number of carbonyl (C=O) groups excluding carboxylic acids is 1. The van der Waals surface area contributed by atoms with Crippen molar-refractivity contribution in [3.05, 3.63) is 54.4 Å². The summed E-state index contributed by atoms with van der Waals surface area (Å²) in [7, 11) is 0. The number of anilines is 1. The van der Waals surface area contributed by atoms with Crippen molar-refractivity contribution >= 4 is 23.4 Å². The molecular formula is C18H18N4O2S. The maximum Gasteiger partial charge on any atom is 0.277 e. The van der Waals surface area contributed by atoms with Gasteiger partial charge in [-0.05, 0) is 37.1 Å². The molecule has 0 bridgehead atoms. The fourth-order valence-electron chi connectivity index (χ4n) is 2.26. The summed E-state index contributed by atoms with van der Waals surface area (Å²) in [6.07, 6.45) is 4.18. The van der Waals surface area contributed by atoms with E-state index >= 15 is 0 Å². The van der Waals surface area contributed by atoms with Crippen molar-refractivity contribution in [3.8, 4) is 11.5 Å². The van der Waals surface area contributed by atoms with Gasteiger partial charge < -0.3 is 9.73 Å². The highest BCUT2D eigenvalue weighted by Crippen LogP contribution is 2.27. The Morgan fingerprint density at radius 2 is 1.96 bits per heavy atom. The second-order valence-corrected chi connectivity index (χ2v) is 6.66. The number of nitrogens with one attached hydrogen (secondary N) is 1. The maximum absolute atomic E-state index is 12.4. The first-order valence-electron chi connectivity index (χ1n) is 7.96. The number of nitrogens with zero attached hydrogens (tertiary/aromatic N) is 3. The fraction of sp³-hybridized carbons (Fsp3) is 0.222. The average molecular weight is 354 g/mol. The number of hydrogen-bond acceptors (Lipinski definition) is 6. The van der Waals surface area contributed by atoms with Crippen molar-refractivity contribution in [2.45, 2.75) is 30.7 Å². The van der Waals surface area contributed by atoms with Crippen LogP contribution in [0, 0.1) is 0 Å². The molecule has 0 aliphatic carbocycles. The van der Waals surface area contributed by atoms with Crippen LogP contribution in [0.15, 0.2) is 58.4 Å². The number of thioether (sulfide) groups is 1. The molecule has 3 rings (SSSR count). The predicted molar refractivity (Wildman–Crippen MR) is 97.3 cm³/mol. The van der Waals surface area contributed by atoms with Gasteiger partial charge in [0, 0.05) is 23.6 Å². The molecule has 0 saturated carbocycles. The lowest BCUT2D eigenvalue weighted by Gasteiger charge is -2.12. The lowest BCUT2D eigenvalue weighted by atomic mass is 10.1. The Labute approximate surface area is 150 Å². The summed E-state index contributed by atoms with van der Waals surface area (Å²) in [4.78, 5) is 16.4. The van der Waals surface area contributed by atoms with Crippen LogP contribution in [0.4, 0.5) is 5.69 Å². The van der Waals surface area contributed by atoms with E-state index in [0.29, 0.717) is 11.1 Å². The standard InChI is InChI=1S/C18H18N4O2S/c1-3-13-6-4-5-7-15(13)20-16(23)12(2)25-18-22-21-17(24-18)14-8-10-19-11-9-14/h4-12H,3H2,1-2H3,(H,20,23). The van der Waals surface area contributed by atoms with Crippen LogP contribution in [0.1, 0.15) is 19.4 Å². The third-order valence-electron chi connectivity index (χ3n) is 3.64. The largest absolute Gasteiger partial charge is 0.411 e. The van der Waals surface area contributed by atoms with Crippen molar-refractivity contribution in [1.82, 2.24) is 15.2 Å². The predicted octanol–water partition coefficient (Wildman–Crippen LogP) is 3.81. The maximum atomic E-state index is 12.4. The summed E-state index contributed by atoms with van der Waals surface area (Å²) in [5.41, 5.74) is 2.74. The minimum atomic E-state index is -0.365. The Morgan fingerprint density at radius 3 is 2.72 bits per heavy atom. The van der Waals surface area contributed by atoms with E-state index in [-0.39, 0.29) is 11.2 Å². The number of hydrogen-bond donors (Lipinski definition) is 1. The third kappa shape index (κ3) is 4.24. The zero-order chi connectivity index (χ0) is 17.6. The molecule has 0 aliphatic heterocycles. The molecule has 1 amide bonds. The molecule has 3 aromatic rings. The number of rotatable bonds is 6. The summed E-state index contributed by atoms with van der Waals surface area (Å²) >= 11 is 1.23. The summed E-state index contributed by atoms with van der Waals surface area (Å²) in [6, 6.07) is 11.4. The minimum Gasteiger partial charge on any atom is -0.411 e. The highest BCUT2D eigenvalue weighted by molar-refractivity contribution is 8.00. The SMILES string of the molecule is CCc1ccccc1NC(=O)C(C)Sc1nnc(-c2ccncc2)o1. The van der Waals surface area contributed by atoms with Crippen LogP contribution in [0.25, 0.3) is 11.5 Å². The van der Waals surface area contributed by atoms with E-state index in [1.54, 1.807) is 24.5 Å². The summed E-state index contributed by atoms with van der Waals surface area (Å²) in [5.74, 6) is 0.309. The molecule has 1 aromatic carbocycles. The first kappa shape index (κ1) is 17.2. The van der Waals surface area contributed by atoms with Gasteiger partial charge in [-0.25, -0.2) is 0 Å². The highest BCUT2D eigenvalue weighted by atomic mass is 32.2. The van der Waals surface area contributed by atoms with Crippen molar-refractivity contribution in [1.29, 1.82) is 0 Å². The number of aromatic nitrogens is 3. The number of para-hydroxylation sites is 1. The van der Waals surface area contributed by atoms with E-state index in [2.05, 4.69) is 27.4 Å². The molecule has 0 saturated heterocycles. The van der Waals surface area contributed by atoms with Gasteiger partial charge in [-0.15, -0.1) is 10.2 Å². The smallest absolute Gasteiger partial charge is 0.277 e. The second kappa shape index (κ2) is 7.94. The number of amides is 1. The van der Waals surface area contributed by atoms with E-state index in [0.717, 1.165) is 23.2 Å². The van der Waals surface area contributed by atoms with Gasteiger partial charge in [0.05, 0.1) is 5.25 Å². The Kier molecular flexibility index (Phi) is 5.45. The Morgan fingerprint density at radius 1 is 1.20 bits per heavy atom. The molecule has 25 heavy (non-hydrogen) atoms. The van der Waals surface area contributed by atoms with Crippen molar-refractivity contribution in [2.75, 3.05) is 5.32 Å². The zero-order valence-electron chi connectivity index (χ0n) is 14.0. The monoisotopic (exact) mass is 354 g/mol. The molecule has 1 N–H and O–H groups in total. The average Bonchev–Trinajstić information content (AvgIpc) is 3.11. The molecule has 2 aromatic heterocycles. The van der Waals surface area contributed by atoms with E-state index in [4.69, 9.17) is 4.42 Å². The summed E-state index contributed by atoms with van der Waals surface area (Å²) in [5, 5.41) is 11.0. The third-order valence-corrected chi connectivity index (χ3v) is 4.57. The Balaban J connectivity index is 1.65. The second-order valence-electron chi connectivity index (χ2n) is 5.37. The molecule has 0 spiro atoms. The first-order chi connectivity index (χ1) is 12.2. The van der Waals surface area contributed by atoms with E-state index in [9.17, 15) is 4.79 Å². The van der Waals surface area contributed by atoms with Gasteiger partial charge >= 0.3 is 0 Å². The fourth-order valence-corrected chi connectivity index (χ4v) is 2.94. The van der Waals surface area contributed by atoms with Gasteiger partial charge in [-0.1, -0.05) is 36.9 Å². The number of pyridine rings is 1. The topological polar surface area (TPSA) is 80.9 Å². The molecule has 1 atom stereocenters. The van der Waals surface area contributed by atoms with Crippen LogP contribution in [0.2, 0.25) is 0 Å².